The fourth-order valence-electron chi connectivity index (χ4n) is 3.18. The van der Waals surface area contributed by atoms with Gasteiger partial charge in [0.1, 0.15) is 0 Å². The van der Waals surface area contributed by atoms with Gasteiger partial charge in [-0.05, 0) is 58.1 Å². The van der Waals surface area contributed by atoms with Crippen molar-refractivity contribution < 1.29 is 14.1 Å². The van der Waals surface area contributed by atoms with Crippen molar-refractivity contribution in [3.05, 3.63) is 29.0 Å². The molecule has 1 aromatic carbocycles. The minimum absolute atomic E-state index is 0.208. The molecular weight excluding hydrogens is 303 g/mol. The van der Waals surface area contributed by atoms with Gasteiger partial charge in [-0.2, -0.15) is 0 Å². The summed E-state index contributed by atoms with van der Waals surface area (Å²) in [6, 6.07) is 3.92. The molecule has 0 aliphatic carbocycles. The van der Waals surface area contributed by atoms with E-state index in [-0.39, 0.29) is 12.3 Å². The van der Waals surface area contributed by atoms with Crippen LogP contribution in [0.3, 0.4) is 0 Å². The van der Waals surface area contributed by atoms with Crippen molar-refractivity contribution in [2.24, 2.45) is 5.73 Å². The van der Waals surface area contributed by atoms with E-state index in [0.29, 0.717) is 0 Å². The third-order valence-electron chi connectivity index (χ3n) is 5.45. The maximum Gasteiger partial charge on any atom is 0.495 e. The molecule has 1 aromatic heterocycles. The zero-order valence-corrected chi connectivity index (χ0v) is 15.2. The van der Waals surface area contributed by atoms with Crippen LogP contribution in [-0.4, -0.2) is 29.2 Å². The van der Waals surface area contributed by atoms with Crippen LogP contribution < -0.4 is 11.2 Å². The first kappa shape index (κ1) is 17.1. The summed E-state index contributed by atoms with van der Waals surface area (Å²) in [5.74, 6) is -0.343. The van der Waals surface area contributed by atoms with Crippen molar-refractivity contribution in [1.82, 2.24) is 4.98 Å². The second kappa shape index (κ2) is 5.36. The number of amides is 1. The van der Waals surface area contributed by atoms with Gasteiger partial charge in [-0.3, -0.25) is 4.79 Å². The fraction of sp³-hybridized carbons (Fsp3) is 0.500. The van der Waals surface area contributed by atoms with E-state index in [4.69, 9.17) is 15.0 Å². The zero-order chi connectivity index (χ0) is 17.9. The third-order valence-corrected chi connectivity index (χ3v) is 5.45. The first-order valence-corrected chi connectivity index (χ1v) is 8.28. The fourth-order valence-corrected chi connectivity index (χ4v) is 3.18. The smallest absolute Gasteiger partial charge is 0.399 e. The van der Waals surface area contributed by atoms with Crippen LogP contribution in [0.2, 0.25) is 0 Å². The van der Waals surface area contributed by atoms with Gasteiger partial charge in [-0.25, -0.2) is 0 Å². The lowest BCUT2D eigenvalue weighted by Gasteiger charge is -2.32. The number of carbonyl (C=O) groups is 1. The Kier molecular flexibility index (Phi) is 3.81. The van der Waals surface area contributed by atoms with Gasteiger partial charge in [0.25, 0.3) is 0 Å². The molecule has 2 aromatic rings. The molecule has 2 heterocycles. The minimum Gasteiger partial charge on any atom is -0.399 e. The Labute approximate surface area is 143 Å². The number of hydrogen-bond donors (Lipinski definition) is 2. The number of aryl methyl sites for hydroxylation is 2. The lowest BCUT2D eigenvalue weighted by atomic mass is 9.75. The largest absolute Gasteiger partial charge is 0.495 e. The highest BCUT2D eigenvalue weighted by molar-refractivity contribution is 6.65. The Morgan fingerprint density at radius 3 is 2.29 bits per heavy atom. The first-order chi connectivity index (χ1) is 11.0. The van der Waals surface area contributed by atoms with Crippen LogP contribution in [0.15, 0.2) is 12.1 Å². The molecule has 0 radical (unpaired) electrons. The summed E-state index contributed by atoms with van der Waals surface area (Å²) in [4.78, 5) is 14.8. The molecule has 1 aliphatic rings. The Morgan fingerprint density at radius 1 is 1.17 bits per heavy atom. The molecule has 1 fully saturated rings. The standard InChI is InChI=1S/C18H25BN2O3/c1-10-11(2)21-16-12(9-14(20)22)7-8-13(15(10)16)19-23-17(3,4)18(5,6)24-19/h7-8,21H,9H2,1-6H3,(H2,20,22). The predicted molar refractivity (Wildman–Crippen MR) is 96.4 cm³/mol. The van der Waals surface area contributed by atoms with Gasteiger partial charge in [0.2, 0.25) is 5.91 Å². The number of H-pyrrole nitrogens is 1. The normalized spacial score (nSPS) is 19.2. The van der Waals surface area contributed by atoms with Gasteiger partial charge < -0.3 is 20.0 Å². The molecule has 0 bridgehead atoms. The molecule has 1 amide bonds. The molecule has 1 saturated heterocycles. The molecule has 5 nitrogen and oxygen atoms in total. The van der Waals surface area contributed by atoms with Crippen molar-refractivity contribution >= 4 is 29.4 Å². The molecule has 1 aliphatic heterocycles. The maximum atomic E-state index is 11.4. The Balaban J connectivity index is 2.15. The van der Waals surface area contributed by atoms with Crippen LogP contribution >= 0.6 is 0 Å². The number of nitrogens with one attached hydrogen (secondary N) is 1. The molecule has 0 atom stereocenters. The van der Waals surface area contributed by atoms with Gasteiger partial charge in [0, 0.05) is 16.6 Å². The van der Waals surface area contributed by atoms with Crippen LogP contribution in [0.4, 0.5) is 0 Å². The summed E-state index contributed by atoms with van der Waals surface area (Å²) in [6.45, 7) is 12.3. The van der Waals surface area contributed by atoms with E-state index in [0.717, 1.165) is 33.2 Å². The summed E-state index contributed by atoms with van der Waals surface area (Å²) >= 11 is 0. The molecule has 0 saturated carbocycles. The average Bonchev–Trinajstić information content (AvgIpc) is 2.85. The molecule has 0 unspecified atom stereocenters. The monoisotopic (exact) mass is 328 g/mol. The molecule has 3 N–H and O–H groups in total. The number of aromatic nitrogens is 1. The summed E-state index contributed by atoms with van der Waals surface area (Å²) in [5, 5.41) is 1.06. The summed E-state index contributed by atoms with van der Waals surface area (Å²) in [5.41, 5.74) is 9.63. The molecule has 0 spiro atoms. The van der Waals surface area contributed by atoms with Gasteiger partial charge in [-0.1, -0.05) is 12.1 Å². The minimum atomic E-state index is -0.436. The molecule has 24 heavy (non-hydrogen) atoms. The predicted octanol–water partition coefficient (Wildman–Crippen LogP) is 2.11. The third kappa shape index (κ3) is 2.54. The Bertz CT molecular complexity index is 807. The van der Waals surface area contributed by atoms with Crippen molar-refractivity contribution in [2.45, 2.75) is 59.2 Å². The number of hydrogen-bond acceptors (Lipinski definition) is 3. The Hall–Kier alpha value is -1.79. The summed E-state index contributed by atoms with van der Waals surface area (Å²) in [6.07, 6.45) is 0.208. The van der Waals surface area contributed by atoms with Crippen molar-refractivity contribution in [2.75, 3.05) is 0 Å². The number of benzene rings is 1. The number of primary amides is 1. The molecule has 128 valence electrons. The van der Waals surface area contributed by atoms with Gasteiger partial charge in [0.05, 0.1) is 17.6 Å². The van der Waals surface area contributed by atoms with Crippen LogP contribution in [0.25, 0.3) is 10.9 Å². The second-order valence-corrected chi connectivity index (χ2v) is 7.67. The number of fused-ring (bicyclic) bond motifs is 1. The first-order valence-electron chi connectivity index (χ1n) is 8.28. The van der Waals surface area contributed by atoms with E-state index in [1.54, 1.807) is 0 Å². The van der Waals surface area contributed by atoms with Gasteiger partial charge >= 0.3 is 7.12 Å². The highest BCUT2D eigenvalue weighted by Gasteiger charge is 2.52. The van der Waals surface area contributed by atoms with Crippen LogP contribution in [0.1, 0.15) is 44.5 Å². The quantitative estimate of drug-likeness (QED) is 0.847. The second-order valence-electron chi connectivity index (χ2n) is 7.67. The van der Waals surface area contributed by atoms with Crippen LogP contribution in [0.5, 0.6) is 0 Å². The summed E-state index contributed by atoms with van der Waals surface area (Å²) < 4.78 is 12.4. The van der Waals surface area contributed by atoms with E-state index < -0.39 is 18.3 Å². The number of nitrogens with two attached hydrogens (primary N) is 1. The molecule has 3 rings (SSSR count). The topological polar surface area (TPSA) is 77.3 Å². The number of rotatable bonds is 3. The van der Waals surface area contributed by atoms with E-state index >= 15 is 0 Å². The SMILES string of the molecule is Cc1[nH]c2c(CC(N)=O)ccc(B3OC(C)(C)C(C)(C)O3)c2c1C. The summed E-state index contributed by atoms with van der Waals surface area (Å²) in [7, 11) is -0.436. The number of carbonyl (C=O) groups excluding carboxylic acids is 1. The lowest BCUT2D eigenvalue weighted by Crippen LogP contribution is -2.41. The average molecular weight is 328 g/mol. The van der Waals surface area contributed by atoms with Crippen molar-refractivity contribution in [3.8, 4) is 0 Å². The maximum absolute atomic E-state index is 11.4. The number of aromatic amines is 1. The van der Waals surface area contributed by atoms with E-state index in [1.807, 2.05) is 46.8 Å². The van der Waals surface area contributed by atoms with Crippen molar-refractivity contribution in [1.29, 1.82) is 0 Å². The highest BCUT2D eigenvalue weighted by atomic mass is 16.7. The Morgan fingerprint density at radius 2 is 1.75 bits per heavy atom. The molecule has 6 heteroatoms. The van der Waals surface area contributed by atoms with E-state index in [9.17, 15) is 4.79 Å². The van der Waals surface area contributed by atoms with Crippen LogP contribution in [0, 0.1) is 13.8 Å². The van der Waals surface area contributed by atoms with Gasteiger partial charge in [-0.15, -0.1) is 0 Å². The van der Waals surface area contributed by atoms with Gasteiger partial charge in [0.15, 0.2) is 0 Å². The molecular formula is C18H25BN2O3. The lowest BCUT2D eigenvalue weighted by molar-refractivity contribution is -0.117. The van der Waals surface area contributed by atoms with E-state index in [2.05, 4.69) is 11.9 Å². The van der Waals surface area contributed by atoms with Crippen molar-refractivity contribution in [3.63, 3.8) is 0 Å². The zero-order valence-electron chi connectivity index (χ0n) is 15.2. The van der Waals surface area contributed by atoms with Crippen LogP contribution in [-0.2, 0) is 20.5 Å². The van der Waals surface area contributed by atoms with E-state index in [1.165, 1.54) is 0 Å². The highest BCUT2D eigenvalue weighted by Crippen LogP contribution is 2.37.